The summed E-state index contributed by atoms with van der Waals surface area (Å²) >= 11 is 0. The van der Waals surface area contributed by atoms with E-state index >= 15 is 0 Å². The average Bonchev–Trinajstić information content (AvgIpc) is 2.92. The van der Waals surface area contributed by atoms with E-state index in [-0.39, 0.29) is 30.6 Å². The van der Waals surface area contributed by atoms with Crippen molar-refractivity contribution in [2.24, 2.45) is 22.7 Å². The lowest BCUT2D eigenvalue weighted by molar-refractivity contribution is 0.0210. The van der Waals surface area contributed by atoms with E-state index in [1.165, 1.54) is 0 Å². The lowest BCUT2D eigenvalue weighted by Crippen LogP contribution is -2.34. The molecule has 4 heteroatoms. The molecule has 0 aromatic heterocycles. The molecule has 1 aromatic rings. The molecule has 3 N–H and O–H groups in total. The molecule has 0 radical (unpaired) electrons. The summed E-state index contributed by atoms with van der Waals surface area (Å²) in [7, 11) is 0. The molecule has 4 atom stereocenters. The van der Waals surface area contributed by atoms with Crippen LogP contribution in [0.5, 0.6) is 0 Å². The maximum Gasteiger partial charge on any atom is 0.142 e. The predicted molar refractivity (Wildman–Crippen MR) is 64.5 cm³/mol. The summed E-state index contributed by atoms with van der Waals surface area (Å²) < 4.78 is 0. The molecule has 17 heavy (non-hydrogen) atoms. The largest absolute Gasteiger partial charge is 0.396 e. The third-order valence-corrected chi connectivity index (χ3v) is 3.75. The van der Waals surface area contributed by atoms with Crippen molar-refractivity contribution in [3.05, 3.63) is 35.9 Å². The minimum atomic E-state index is -0.0507. The number of benzene rings is 1. The van der Waals surface area contributed by atoms with Crippen LogP contribution in [0.25, 0.3) is 0 Å². The Labute approximate surface area is 100 Å². The Morgan fingerprint density at radius 1 is 1.35 bits per heavy atom. The van der Waals surface area contributed by atoms with Crippen LogP contribution >= 0.6 is 0 Å². The molecular formula is C13H16N2O2. The fourth-order valence-electron chi connectivity index (χ4n) is 2.89. The molecule has 1 heterocycles. The molecule has 1 saturated carbocycles. The summed E-state index contributed by atoms with van der Waals surface area (Å²) in [4.78, 5) is 5.47. The fraction of sp³-hybridized carbons (Fsp3) is 0.462. The zero-order chi connectivity index (χ0) is 11.8. The molecule has 90 valence electrons. The van der Waals surface area contributed by atoms with Crippen molar-refractivity contribution in [1.29, 1.82) is 0 Å². The van der Waals surface area contributed by atoms with E-state index in [9.17, 15) is 5.11 Å². The zero-order valence-electron chi connectivity index (χ0n) is 9.49. The van der Waals surface area contributed by atoms with Crippen LogP contribution in [0.4, 0.5) is 0 Å². The molecule has 0 saturated heterocycles. The van der Waals surface area contributed by atoms with Crippen molar-refractivity contribution < 1.29 is 9.94 Å². The van der Waals surface area contributed by atoms with Gasteiger partial charge in [0.25, 0.3) is 0 Å². The highest BCUT2D eigenvalue weighted by atomic mass is 16.6. The maximum atomic E-state index is 9.30. The van der Waals surface area contributed by atoms with Gasteiger partial charge in [-0.2, -0.15) is 0 Å². The molecule has 1 aliphatic carbocycles. The Kier molecular flexibility index (Phi) is 2.61. The highest BCUT2D eigenvalue weighted by molar-refractivity contribution is 6.03. The van der Waals surface area contributed by atoms with Gasteiger partial charge in [0, 0.05) is 18.6 Å². The van der Waals surface area contributed by atoms with Gasteiger partial charge in [-0.15, -0.1) is 0 Å². The van der Waals surface area contributed by atoms with Crippen LogP contribution in [0.3, 0.4) is 0 Å². The van der Waals surface area contributed by atoms with Crippen molar-refractivity contribution in [2.45, 2.75) is 18.6 Å². The van der Waals surface area contributed by atoms with Gasteiger partial charge in [-0.3, -0.25) is 0 Å². The summed E-state index contributed by atoms with van der Waals surface area (Å²) in [5.41, 5.74) is 8.14. The topological polar surface area (TPSA) is 67.8 Å². The normalized spacial score (nSPS) is 35.3. The Hall–Kier alpha value is -1.39. The van der Waals surface area contributed by atoms with Gasteiger partial charge in [0.05, 0.1) is 11.6 Å². The first-order valence-electron chi connectivity index (χ1n) is 5.97. The average molecular weight is 232 g/mol. The summed E-state index contributed by atoms with van der Waals surface area (Å²) in [6.45, 7) is 0.118. The van der Waals surface area contributed by atoms with Crippen LogP contribution in [0.2, 0.25) is 0 Å². The molecule has 3 rings (SSSR count). The van der Waals surface area contributed by atoms with Gasteiger partial charge in [0.2, 0.25) is 0 Å². The Morgan fingerprint density at radius 2 is 2.12 bits per heavy atom. The van der Waals surface area contributed by atoms with Gasteiger partial charge in [0.15, 0.2) is 0 Å². The summed E-state index contributed by atoms with van der Waals surface area (Å²) in [6.07, 6.45) is 0.753. The number of rotatable bonds is 2. The highest BCUT2D eigenvalue weighted by Gasteiger charge is 2.49. The van der Waals surface area contributed by atoms with E-state index in [4.69, 9.17) is 10.6 Å². The minimum Gasteiger partial charge on any atom is -0.396 e. The number of hydrogen-bond donors (Lipinski definition) is 2. The van der Waals surface area contributed by atoms with Crippen molar-refractivity contribution in [3.8, 4) is 0 Å². The van der Waals surface area contributed by atoms with E-state index in [0.717, 1.165) is 17.7 Å². The molecule has 0 bridgehead atoms. The standard InChI is InChI=1S/C13H16N2O2/c14-10-6-9(7-16)13-11(10)12(15-17-13)8-4-2-1-3-5-8/h1-5,9-11,13,16H,6-7,14H2/t9-,10+,11-,13-/m0/s1. The second-order valence-corrected chi connectivity index (χ2v) is 4.78. The number of nitrogens with two attached hydrogens (primary N) is 1. The van der Waals surface area contributed by atoms with Crippen LogP contribution in [0.15, 0.2) is 35.5 Å². The van der Waals surface area contributed by atoms with Gasteiger partial charge < -0.3 is 15.7 Å². The monoisotopic (exact) mass is 232 g/mol. The molecule has 1 aromatic carbocycles. The number of aliphatic hydroxyl groups excluding tert-OH is 1. The van der Waals surface area contributed by atoms with Crippen LogP contribution in [0, 0.1) is 11.8 Å². The van der Waals surface area contributed by atoms with Crippen molar-refractivity contribution in [1.82, 2.24) is 0 Å². The van der Waals surface area contributed by atoms with Crippen LogP contribution in [0.1, 0.15) is 12.0 Å². The number of fused-ring (bicyclic) bond motifs is 1. The molecule has 2 aliphatic rings. The molecule has 4 nitrogen and oxygen atoms in total. The maximum absolute atomic E-state index is 9.30. The number of nitrogens with zero attached hydrogens (tertiary/aromatic N) is 1. The minimum absolute atomic E-state index is 0.0265. The highest BCUT2D eigenvalue weighted by Crippen LogP contribution is 2.39. The van der Waals surface area contributed by atoms with Crippen LogP contribution in [-0.2, 0) is 4.84 Å². The lowest BCUT2D eigenvalue weighted by Gasteiger charge is -2.15. The smallest absolute Gasteiger partial charge is 0.142 e. The molecule has 0 unspecified atom stereocenters. The summed E-state index contributed by atoms with van der Waals surface area (Å²) in [5, 5.41) is 13.5. The van der Waals surface area contributed by atoms with Crippen molar-refractivity contribution in [3.63, 3.8) is 0 Å². The van der Waals surface area contributed by atoms with Gasteiger partial charge in [-0.25, -0.2) is 0 Å². The molecular weight excluding hydrogens is 216 g/mol. The lowest BCUT2D eigenvalue weighted by atomic mass is 9.91. The van der Waals surface area contributed by atoms with E-state index in [1.54, 1.807) is 0 Å². The van der Waals surface area contributed by atoms with Gasteiger partial charge in [0.1, 0.15) is 6.10 Å². The van der Waals surface area contributed by atoms with Gasteiger partial charge in [-0.1, -0.05) is 35.5 Å². The number of oxime groups is 1. The first-order valence-corrected chi connectivity index (χ1v) is 5.97. The number of hydrogen-bond acceptors (Lipinski definition) is 4. The second-order valence-electron chi connectivity index (χ2n) is 4.78. The predicted octanol–water partition coefficient (Wildman–Crippen LogP) is 0.745. The fourth-order valence-corrected chi connectivity index (χ4v) is 2.89. The van der Waals surface area contributed by atoms with E-state index < -0.39 is 0 Å². The van der Waals surface area contributed by atoms with Crippen molar-refractivity contribution >= 4 is 5.71 Å². The third-order valence-electron chi connectivity index (χ3n) is 3.75. The zero-order valence-corrected chi connectivity index (χ0v) is 9.49. The van der Waals surface area contributed by atoms with Crippen LogP contribution < -0.4 is 5.73 Å². The SMILES string of the molecule is N[C@@H]1C[C@@H](CO)[C@@H]2ON=C(c3ccccc3)[C@@H]21. The molecule has 0 amide bonds. The number of aliphatic hydroxyl groups is 1. The Bertz CT molecular complexity index is 432. The first kappa shape index (κ1) is 10.7. The Morgan fingerprint density at radius 3 is 2.82 bits per heavy atom. The third kappa shape index (κ3) is 1.64. The molecule has 1 fully saturated rings. The summed E-state index contributed by atoms with van der Waals surface area (Å²) in [5.74, 6) is 0.231. The van der Waals surface area contributed by atoms with Crippen LogP contribution in [-0.4, -0.2) is 29.6 Å². The first-order chi connectivity index (χ1) is 8.31. The van der Waals surface area contributed by atoms with E-state index in [0.29, 0.717) is 0 Å². The van der Waals surface area contributed by atoms with Gasteiger partial charge >= 0.3 is 0 Å². The Balaban J connectivity index is 1.90. The summed E-state index contributed by atoms with van der Waals surface area (Å²) in [6, 6.07) is 10.00. The van der Waals surface area contributed by atoms with E-state index in [1.807, 2.05) is 30.3 Å². The van der Waals surface area contributed by atoms with E-state index in [2.05, 4.69) is 5.16 Å². The molecule has 1 aliphatic heterocycles. The van der Waals surface area contributed by atoms with Crippen molar-refractivity contribution in [2.75, 3.05) is 6.61 Å². The second kappa shape index (κ2) is 4.13. The quantitative estimate of drug-likeness (QED) is 0.790. The molecule has 0 spiro atoms. The van der Waals surface area contributed by atoms with Gasteiger partial charge in [-0.05, 0) is 12.0 Å².